The molecule has 0 atom stereocenters. The van der Waals surface area contributed by atoms with Crippen LogP contribution in [0.4, 0.5) is 9.59 Å². The molecule has 0 aliphatic rings. The van der Waals surface area contributed by atoms with Crippen LogP contribution in [0.25, 0.3) is 0 Å². The van der Waals surface area contributed by atoms with Gasteiger partial charge in [-0.25, -0.2) is 19.2 Å². The summed E-state index contributed by atoms with van der Waals surface area (Å²) < 4.78 is 25.9. The van der Waals surface area contributed by atoms with E-state index in [-0.39, 0.29) is 57.3 Å². The van der Waals surface area contributed by atoms with E-state index in [9.17, 15) is 19.2 Å². The van der Waals surface area contributed by atoms with E-state index >= 15 is 0 Å². The third-order valence-corrected chi connectivity index (χ3v) is 4.37. The molecule has 0 unspecified atom stereocenters. The lowest BCUT2D eigenvalue weighted by molar-refractivity contribution is -0.139. The zero-order valence-electron chi connectivity index (χ0n) is 20.4. The zero-order chi connectivity index (χ0) is 26.0. The van der Waals surface area contributed by atoms with Crippen molar-refractivity contribution in [3.05, 3.63) is 31.2 Å². The minimum Gasteiger partial charge on any atom is -0.460 e. The third-order valence-electron chi connectivity index (χ3n) is 4.37. The fraction of sp³-hybridized carbons (Fsp3) is 0.609. The Morgan fingerprint density at radius 2 is 1.18 bits per heavy atom. The van der Waals surface area contributed by atoms with Crippen molar-refractivity contribution < 1.29 is 42.9 Å². The molecular weight excluding hydrogens is 448 g/mol. The number of esters is 2. The van der Waals surface area contributed by atoms with Crippen LogP contribution in [0.2, 0.25) is 0 Å². The van der Waals surface area contributed by atoms with Gasteiger partial charge in [-0.15, -0.1) is 0 Å². The SMILES string of the molecule is [CH2]CCOCC(CC)(COC(=O)NCCOC(=O)C(=C)C)COC(=O)NCCOC(=O)C(=C)C. The predicted octanol–water partition coefficient (Wildman–Crippen LogP) is 2.31. The smallest absolute Gasteiger partial charge is 0.407 e. The summed E-state index contributed by atoms with van der Waals surface area (Å²) >= 11 is 0. The molecule has 0 fully saturated rings. The predicted molar refractivity (Wildman–Crippen MR) is 124 cm³/mol. The number of hydrogen-bond donors (Lipinski definition) is 2. The van der Waals surface area contributed by atoms with Gasteiger partial charge in [0.2, 0.25) is 0 Å². The number of rotatable bonds is 17. The van der Waals surface area contributed by atoms with Crippen LogP contribution in [0.1, 0.15) is 33.6 Å². The summed E-state index contributed by atoms with van der Waals surface area (Å²) in [7, 11) is 0. The number of ether oxygens (including phenoxy) is 5. The highest BCUT2D eigenvalue weighted by Crippen LogP contribution is 2.24. The quantitative estimate of drug-likeness (QED) is 0.137. The largest absolute Gasteiger partial charge is 0.460 e. The van der Waals surface area contributed by atoms with Crippen LogP contribution in [0, 0.1) is 12.3 Å². The van der Waals surface area contributed by atoms with Crippen LogP contribution in [-0.4, -0.2) is 76.9 Å². The molecule has 0 saturated heterocycles. The normalized spacial score (nSPS) is 10.6. The van der Waals surface area contributed by atoms with E-state index in [1.165, 1.54) is 13.8 Å². The van der Waals surface area contributed by atoms with E-state index in [1.807, 2.05) is 6.92 Å². The van der Waals surface area contributed by atoms with Gasteiger partial charge < -0.3 is 34.3 Å². The van der Waals surface area contributed by atoms with Crippen LogP contribution in [0.15, 0.2) is 24.3 Å². The van der Waals surface area contributed by atoms with E-state index < -0.39 is 29.5 Å². The second-order valence-electron chi connectivity index (χ2n) is 7.60. The van der Waals surface area contributed by atoms with E-state index in [0.717, 1.165) is 0 Å². The second-order valence-corrected chi connectivity index (χ2v) is 7.60. The van der Waals surface area contributed by atoms with Crippen LogP contribution in [0.5, 0.6) is 0 Å². The van der Waals surface area contributed by atoms with Crippen molar-refractivity contribution >= 4 is 24.1 Å². The molecular formula is C23H37N2O9. The highest BCUT2D eigenvalue weighted by atomic mass is 16.6. The first-order chi connectivity index (χ1) is 16.1. The Hall–Kier alpha value is -3.08. The summed E-state index contributed by atoms with van der Waals surface area (Å²) in [5.41, 5.74) is -0.271. The molecule has 11 nitrogen and oxygen atoms in total. The molecule has 0 rings (SSSR count). The summed E-state index contributed by atoms with van der Waals surface area (Å²) in [6.07, 6.45) is -0.402. The average molecular weight is 486 g/mol. The summed E-state index contributed by atoms with van der Waals surface area (Å²) in [5.74, 6) is -1.10. The summed E-state index contributed by atoms with van der Waals surface area (Å²) in [6.45, 7) is 16.0. The number of hydrogen-bond acceptors (Lipinski definition) is 9. The van der Waals surface area contributed by atoms with Gasteiger partial charge in [-0.1, -0.05) is 27.0 Å². The standard InChI is InChI=1S/C23H37N2O9/c1-7-11-30-14-23(8-2,15-33-21(28)24-9-12-31-19(26)17(3)4)16-34-22(29)25-10-13-32-20(27)18(5)6/h1,3,5,7-16H2,2,4,6H3,(H,24,28)(H,25,29). The van der Waals surface area contributed by atoms with Gasteiger partial charge in [0, 0.05) is 17.8 Å². The molecule has 0 aliphatic heterocycles. The molecule has 193 valence electrons. The Kier molecular flexibility index (Phi) is 15.8. The Morgan fingerprint density at radius 3 is 1.53 bits per heavy atom. The highest BCUT2D eigenvalue weighted by molar-refractivity contribution is 5.87. The average Bonchev–Trinajstić information content (AvgIpc) is 2.80. The molecule has 2 amide bonds. The molecule has 0 spiro atoms. The topological polar surface area (TPSA) is 138 Å². The first-order valence-electron chi connectivity index (χ1n) is 10.9. The van der Waals surface area contributed by atoms with Gasteiger partial charge in [-0.05, 0) is 26.7 Å². The Balaban J connectivity index is 4.60. The van der Waals surface area contributed by atoms with Crippen molar-refractivity contribution in [1.82, 2.24) is 10.6 Å². The van der Waals surface area contributed by atoms with Gasteiger partial charge in [0.15, 0.2) is 0 Å². The molecule has 0 bridgehead atoms. The van der Waals surface area contributed by atoms with E-state index in [1.54, 1.807) is 0 Å². The number of nitrogens with one attached hydrogen (secondary N) is 2. The van der Waals surface area contributed by atoms with Crippen molar-refractivity contribution in [3.8, 4) is 0 Å². The van der Waals surface area contributed by atoms with E-state index in [4.69, 9.17) is 23.7 Å². The van der Waals surface area contributed by atoms with Crippen LogP contribution in [-0.2, 0) is 33.3 Å². The lowest BCUT2D eigenvalue weighted by Gasteiger charge is -2.31. The maximum atomic E-state index is 12.0. The Labute approximate surface area is 201 Å². The molecule has 0 aliphatic carbocycles. The first kappa shape index (κ1) is 30.9. The van der Waals surface area contributed by atoms with Gasteiger partial charge in [-0.2, -0.15) is 0 Å². The van der Waals surface area contributed by atoms with Gasteiger partial charge in [0.1, 0.15) is 26.4 Å². The Bertz CT molecular complexity index is 657. The molecule has 0 aromatic heterocycles. The lowest BCUT2D eigenvalue weighted by Crippen LogP contribution is -2.41. The maximum Gasteiger partial charge on any atom is 0.407 e. The van der Waals surface area contributed by atoms with Crippen molar-refractivity contribution in [1.29, 1.82) is 0 Å². The number of alkyl carbamates (subject to hydrolysis) is 2. The van der Waals surface area contributed by atoms with Crippen molar-refractivity contribution in [2.75, 3.05) is 52.7 Å². The van der Waals surface area contributed by atoms with Crippen LogP contribution < -0.4 is 10.6 Å². The molecule has 2 N–H and O–H groups in total. The number of amides is 2. The fourth-order valence-corrected chi connectivity index (χ4v) is 2.20. The fourth-order valence-electron chi connectivity index (χ4n) is 2.20. The van der Waals surface area contributed by atoms with Gasteiger partial charge in [-0.3, -0.25) is 0 Å². The summed E-state index contributed by atoms with van der Waals surface area (Å²) in [4.78, 5) is 46.7. The molecule has 34 heavy (non-hydrogen) atoms. The lowest BCUT2D eigenvalue weighted by atomic mass is 9.88. The molecule has 0 saturated carbocycles. The zero-order valence-corrected chi connectivity index (χ0v) is 20.4. The van der Waals surface area contributed by atoms with Crippen molar-refractivity contribution in [3.63, 3.8) is 0 Å². The molecule has 0 aromatic rings. The van der Waals surface area contributed by atoms with E-state index in [2.05, 4.69) is 30.7 Å². The van der Waals surface area contributed by atoms with Crippen molar-refractivity contribution in [2.24, 2.45) is 5.41 Å². The highest BCUT2D eigenvalue weighted by Gasteiger charge is 2.33. The molecule has 0 aromatic carbocycles. The minimum atomic E-state index is -0.789. The van der Waals surface area contributed by atoms with Gasteiger partial charge >= 0.3 is 24.1 Å². The monoisotopic (exact) mass is 485 g/mol. The van der Waals surface area contributed by atoms with E-state index in [0.29, 0.717) is 19.4 Å². The maximum absolute atomic E-state index is 12.0. The third kappa shape index (κ3) is 14.1. The van der Waals surface area contributed by atoms with Gasteiger partial charge in [0.25, 0.3) is 0 Å². The summed E-state index contributed by atoms with van der Waals surface area (Å²) in [6, 6.07) is 0. The van der Waals surface area contributed by atoms with Crippen molar-refractivity contribution in [2.45, 2.75) is 33.6 Å². The summed E-state index contributed by atoms with van der Waals surface area (Å²) in [5, 5.41) is 4.94. The first-order valence-corrected chi connectivity index (χ1v) is 10.9. The molecule has 0 heterocycles. The van der Waals surface area contributed by atoms with Gasteiger partial charge in [0.05, 0.1) is 25.1 Å². The molecule has 11 heteroatoms. The number of carbonyl (C=O) groups excluding carboxylic acids is 4. The van der Waals surface area contributed by atoms with Crippen LogP contribution >= 0.6 is 0 Å². The molecule has 1 radical (unpaired) electrons. The van der Waals surface area contributed by atoms with Crippen LogP contribution in [0.3, 0.4) is 0 Å². The number of carbonyl (C=O) groups is 4. The Morgan fingerprint density at radius 1 is 0.735 bits per heavy atom. The second kappa shape index (κ2) is 17.4. The minimum absolute atomic E-state index is 0.0305.